The van der Waals surface area contributed by atoms with E-state index < -0.39 is 29.2 Å². The van der Waals surface area contributed by atoms with E-state index in [1.807, 2.05) is 18.2 Å². The Bertz CT molecular complexity index is 1910. The Labute approximate surface area is 270 Å². The molecule has 1 amide bonds. The van der Waals surface area contributed by atoms with Gasteiger partial charge in [0.25, 0.3) is 5.91 Å². The largest absolute Gasteiger partial charge is 0.456 e. The Kier molecular flexibility index (Phi) is 10.6. The van der Waals surface area contributed by atoms with Crippen molar-refractivity contribution in [3.05, 3.63) is 108 Å². The second-order valence-corrected chi connectivity index (χ2v) is 11.0. The van der Waals surface area contributed by atoms with Crippen molar-refractivity contribution in [2.75, 3.05) is 25.6 Å². The van der Waals surface area contributed by atoms with Gasteiger partial charge in [-0.25, -0.2) is 9.38 Å². The smallest absolute Gasteiger partial charge is 0.434 e. The van der Waals surface area contributed by atoms with Gasteiger partial charge in [0.05, 0.1) is 44.3 Å². The molecule has 47 heavy (non-hydrogen) atoms. The third-order valence-corrected chi connectivity index (χ3v) is 7.77. The third-order valence-electron chi connectivity index (χ3n) is 6.61. The number of rotatable bonds is 12. The van der Waals surface area contributed by atoms with Gasteiger partial charge in [0, 0.05) is 50.9 Å². The van der Waals surface area contributed by atoms with Crippen molar-refractivity contribution in [1.82, 2.24) is 15.3 Å². The van der Waals surface area contributed by atoms with Crippen LogP contribution in [0.3, 0.4) is 0 Å². The summed E-state index contributed by atoms with van der Waals surface area (Å²) in [7, 11) is 1.65. The van der Waals surface area contributed by atoms with Crippen LogP contribution in [0, 0.1) is 5.82 Å². The Morgan fingerprint density at radius 2 is 1.87 bits per heavy atom. The molecule has 0 atom stereocenters. The van der Waals surface area contributed by atoms with Gasteiger partial charge in [-0.15, -0.1) is 11.3 Å². The molecule has 9 nitrogen and oxygen atoms in total. The molecule has 0 fully saturated rings. The zero-order valence-corrected chi connectivity index (χ0v) is 25.7. The molecule has 5 rings (SSSR count). The molecule has 0 aliphatic carbocycles. The second-order valence-electron chi connectivity index (χ2n) is 9.93. The molecule has 0 aliphatic rings. The quantitative estimate of drug-likeness (QED) is 0.0561. The standard InChI is InChI=1S/C33H28F4N6O3S/c1-45-14-13-39-18-20-7-9-26(41-19-20)29-16-27-30(47-29)28(11-12-40-27)46-22-8-10-25(24(34)15-22)43-32(44)23(17-38)31(33(35,36)37)42-21-5-3-2-4-6-21/h2-12,15-17,19,39H,13-14,18,38H2,1H3,(H,43,44). The van der Waals surface area contributed by atoms with Crippen LogP contribution >= 0.6 is 11.3 Å². The van der Waals surface area contributed by atoms with E-state index in [9.17, 15) is 18.0 Å². The molecular formula is C33H28F4N6O3S. The first kappa shape index (κ1) is 33.2. The number of thiophene rings is 1. The van der Waals surface area contributed by atoms with Crippen LogP contribution in [0.5, 0.6) is 11.5 Å². The van der Waals surface area contributed by atoms with Crippen LogP contribution in [0.1, 0.15) is 5.56 Å². The van der Waals surface area contributed by atoms with Crippen LogP contribution in [0.2, 0.25) is 0 Å². The minimum Gasteiger partial charge on any atom is -0.456 e. The number of aliphatic imine (C=N–C) groups is 1. The maximum atomic E-state index is 15.1. The summed E-state index contributed by atoms with van der Waals surface area (Å²) in [4.78, 5) is 26.2. The SMILES string of the molecule is COCCNCc1ccc(-c2cc3nccc(Oc4ccc(NC(=O)C(=CN)C(=Nc5ccccc5)C(F)(F)F)c(F)c4)c3s2)nc1. The van der Waals surface area contributed by atoms with E-state index in [4.69, 9.17) is 15.2 Å². The van der Waals surface area contributed by atoms with Crippen LogP contribution in [-0.4, -0.2) is 48.0 Å². The number of hydrogen-bond acceptors (Lipinski definition) is 9. The fraction of sp³-hybridized carbons (Fsp3) is 0.152. The van der Waals surface area contributed by atoms with E-state index in [2.05, 4.69) is 25.6 Å². The number of amides is 1. The highest BCUT2D eigenvalue weighted by atomic mass is 32.1. The van der Waals surface area contributed by atoms with Gasteiger partial charge in [0.2, 0.25) is 0 Å². The number of halogens is 4. The van der Waals surface area contributed by atoms with Gasteiger partial charge in [-0.2, -0.15) is 13.2 Å². The lowest BCUT2D eigenvalue weighted by atomic mass is 10.1. The average Bonchev–Trinajstić information content (AvgIpc) is 3.50. The number of alkyl halides is 3. The molecule has 0 bridgehead atoms. The number of pyridine rings is 2. The molecule has 242 valence electrons. The van der Waals surface area contributed by atoms with Crippen molar-refractivity contribution < 1.29 is 31.8 Å². The van der Waals surface area contributed by atoms with Crippen molar-refractivity contribution in [1.29, 1.82) is 0 Å². The van der Waals surface area contributed by atoms with Gasteiger partial charge >= 0.3 is 6.18 Å². The number of ether oxygens (including phenoxy) is 2. The van der Waals surface area contributed by atoms with E-state index in [1.54, 1.807) is 31.6 Å². The number of anilines is 1. The van der Waals surface area contributed by atoms with E-state index in [-0.39, 0.29) is 17.1 Å². The van der Waals surface area contributed by atoms with Crippen molar-refractivity contribution in [3.8, 4) is 22.1 Å². The summed E-state index contributed by atoms with van der Waals surface area (Å²) in [6.07, 6.45) is -1.19. The number of nitrogens with two attached hydrogens (primary N) is 1. The number of hydrogen-bond donors (Lipinski definition) is 3. The summed E-state index contributed by atoms with van der Waals surface area (Å²) < 4.78 is 68.4. The van der Waals surface area contributed by atoms with Crippen LogP contribution in [0.25, 0.3) is 20.8 Å². The minimum absolute atomic E-state index is 0.0427. The zero-order chi connectivity index (χ0) is 33.4. The minimum atomic E-state index is -5.02. The van der Waals surface area contributed by atoms with E-state index in [0.29, 0.717) is 35.3 Å². The van der Waals surface area contributed by atoms with Crippen LogP contribution in [-0.2, 0) is 16.1 Å². The molecule has 0 unspecified atom stereocenters. The van der Waals surface area contributed by atoms with E-state index >= 15 is 4.39 Å². The topological polar surface area (TPSA) is 124 Å². The lowest BCUT2D eigenvalue weighted by Crippen LogP contribution is -2.32. The van der Waals surface area contributed by atoms with Crippen molar-refractivity contribution in [3.63, 3.8) is 0 Å². The molecule has 0 spiro atoms. The van der Waals surface area contributed by atoms with Crippen LogP contribution in [0.15, 0.2) is 102 Å². The van der Waals surface area contributed by atoms with Crippen molar-refractivity contribution in [2.24, 2.45) is 10.7 Å². The number of para-hydroxylation sites is 1. The molecule has 0 aliphatic heterocycles. The molecule has 5 aromatic rings. The fourth-order valence-electron chi connectivity index (χ4n) is 4.35. The molecule has 0 saturated heterocycles. The van der Waals surface area contributed by atoms with Crippen LogP contribution in [0.4, 0.5) is 28.9 Å². The lowest BCUT2D eigenvalue weighted by Gasteiger charge is -2.15. The summed E-state index contributed by atoms with van der Waals surface area (Å²) >= 11 is 1.40. The number of carbonyl (C=O) groups is 1. The van der Waals surface area contributed by atoms with E-state index in [0.717, 1.165) is 28.7 Å². The Morgan fingerprint density at radius 1 is 1.06 bits per heavy atom. The predicted octanol–water partition coefficient (Wildman–Crippen LogP) is 7.14. The average molecular weight is 665 g/mol. The summed E-state index contributed by atoms with van der Waals surface area (Å²) in [5.41, 5.74) is 4.90. The number of nitrogens with zero attached hydrogens (tertiary/aromatic N) is 3. The Morgan fingerprint density at radius 3 is 2.55 bits per heavy atom. The van der Waals surface area contributed by atoms with Gasteiger partial charge in [-0.05, 0) is 42.0 Å². The molecule has 0 radical (unpaired) electrons. The number of nitrogens with one attached hydrogen (secondary N) is 2. The Balaban J connectivity index is 1.31. The van der Waals surface area contributed by atoms with Crippen LogP contribution < -0.4 is 21.1 Å². The first-order valence-corrected chi connectivity index (χ1v) is 14.9. The molecule has 3 heterocycles. The molecule has 3 aromatic heterocycles. The highest BCUT2D eigenvalue weighted by Gasteiger charge is 2.40. The fourth-order valence-corrected chi connectivity index (χ4v) is 5.39. The van der Waals surface area contributed by atoms with Gasteiger partial charge in [0.15, 0.2) is 5.71 Å². The molecule has 2 aromatic carbocycles. The number of fused-ring (bicyclic) bond motifs is 1. The first-order chi connectivity index (χ1) is 22.7. The number of aromatic nitrogens is 2. The third kappa shape index (κ3) is 8.35. The predicted molar refractivity (Wildman–Crippen MR) is 173 cm³/mol. The normalized spacial score (nSPS) is 12.4. The highest BCUT2D eigenvalue weighted by molar-refractivity contribution is 7.22. The van der Waals surface area contributed by atoms with Gasteiger partial charge in [0.1, 0.15) is 17.3 Å². The summed E-state index contributed by atoms with van der Waals surface area (Å²) in [5.74, 6) is -1.75. The lowest BCUT2D eigenvalue weighted by molar-refractivity contribution is -0.113. The summed E-state index contributed by atoms with van der Waals surface area (Å²) in [6, 6.07) is 18.2. The summed E-state index contributed by atoms with van der Waals surface area (Å²) in [6.45, 7) is 2.00. The Hall–Kier alpha value is -5.18. The zero-order valence-electron chi connectivity index (χ0n) is 24.8. The number of methoxy groups -OCH3 is 1. The van der Waals surface area contributed by atoms with E-state index in [1.165, 1.54) is 47.7 Å². The van der Waals surface area contributed by atoms with Gasteiger partial charge in [-0.3, -0.25) is 14.8 Å². The van der Waals surface area contributed by atoms with Gasteiger partial charge < -0.3 is 25.8 Å². The van der Waals surface area contributed by atoms with Crippen molar-refractivity contribution >= 4 is 44.5 Å². The first-order valence-electron chi connectivity index (χ1n) is 14.1. The second kappa shape index (κ2) is 14.9. The number of carbonyl (C=O) groups excluding carboxylic acids is 1. The molecule has 14 heteroatoms. The van der Waals surface area contributed by atoms with Crippen molar-refractivity contribution in [2.45, 2.75) is 12.7 Å². The molecule has 0 saturated carbocycles. The maximum absolute atomic E-state index is 15.1. The maximum Gasteiger partial charge on any atom is 0.434 e. The number of benzene rings is 2. The van der Waals surface area contributed by atoms with Gasteiger partial charge in [-0.1, -0.05) is 24.3 Å². The summed E-state index contributed by atoms with van der Waals surface area (Å²) in [5, 5.41) is 5.41. The molecular weight excluding hydrogens is 636 g/mol. The monoisotopic (exact) mass is 664 g/mol. The molecule has 4 N–H and O–H groups in total. The highest BCUT2D eigenvalue weighted by Crippen LogP contribution is 2.39.